The van der Waals surface area contributed by atoms with Crippen LogP contribution in [0.4, 0.5) is 5.82 Å². The second kappa shape index (κ2) is 5.81. The number of nitrogens with two attached hydrogens (primary N) is 1. The van der Waals surface area contributed by atoms with E-state index in [1.165, 1.54) is 24.5 Å². The quantitative estimate of drug-likeness (QED) is 0.792. The minimum Gasteiger partial charge on any atom is -0.388 e. The van der Waals surface area contributed by atoms with Gasteiger partial charge >= 0.3 is 0 Å². The van der Waals surface area contributed by atoms with E-state index >= 15 is 0 Å². The molecule has 2 rings (SSSR count). The average molecular weight is 373 g/mol. The maximum absolute atomic E-state index is 12.2. The molecule has 0 saturated heterocycles. The Bertz CT molecular complexity index is 747. The van der Waals surface area contributed by atoms with Crippen LogP contribution in [0.15, 0.2) is 46.0 Å². The van der Waals surface area contributed by atoms with E-state index in [4.69, 9.17) is 18.0 Å². The van der Waals surface area contributed by atoms with Crippen LogP contribution >= 0.6 is 28.1 Å². The Labute approximate surface area is 129 Å². The summed E-state index contributed by atoms with van der Waals surface area (Å²) in [6.07, 6.45) is 2.67. The van der Waals surface area contributed by atoms with Gasteiger partial charge in [0.15, 0.2) is 5.82 Å². The molecule has 6 nitrogen and oxygen atoms in total. The van der Waals surface area contributed by atoms with E-state index in [-0.39, 0.29) is 15.7 Å². The lowest BCUT2D eigenvalue weighted by molar-refractivity contribution is 0.600. The number of halogens is 1. The van der Waals surface area contributed by atoms with E-state index < -0.39 is 10.0 Å². The van der Waals surface area contributed by atoms with Gasteiger partial charge in [-0.15, -0.1) is 0 Å². The predicted octanol–water partition coefficient (Wildman–Crippen LogP) is 1.67. The third-order valence-electron chi connectivity index (χ3n) is 2.29. The molecule has 20 heavy (non-hydrogen) atoms. The van der Waals surface area contributed by atoms with Gasteiger partial charge in [0.2, 0.25) is 0 Å². The highest BCUT2D eigenvalue weighted by Gasteiger charge is 2.17. The first-order valence-corrected chi connectivity index (χ1v) is 7.98. The lowest BCUT2D eigenvalue weighted by atomic mass is 10.3. The van der Waals surface area contributed by atoms with Crippen LogP contribution in [0.25, 0.3) is 0 Å². The van der Waals surface area contributed by atoms with Crippen molar-refractivity contribution in [3.63, 3.8) is 0 Å². The van der Waals surface area contributed by atoms with Crippen LogP contribution in [0.1, 0.15) is 5.69 Å². The highest BCUT2D eigenvalue weighted by Crippen LogP contribution is 2.21. The molecule has 0 radical (unpaired) electrons. The zero-order valence-corrected chi connectivity index (χ0v) is 13.2. The van der Waals surface area contributed by atoms with Crippen LogP contribution in [0.3, 0.4) is 0 Å². The number of hydrogen-bond donors (Lipinski definition) is 2. The van der Waals surface area contributed by atoms with Crippen molar-refractivity contribution >= 4 is 49.0 Å². The van der Waals surface area contributed by atoms with E-state index in [2.05, 4.69) is 30.6 Å². The van der Waals surface area contributed by atoms with Crippen molar-refractivity contribution in [1.29, 1.82) is 0 Å². The largest absolute Gasteiger partial charge is 0.388 e. The number of nitrogens with one attached hydrogen (secondary N) is 1. The summed E-state index contributed by atoms with van der Waals surface area (Å²) in [5.74, 6) is 0.200. The predicted molar refractivity (Wildman–Crippen MR) is 82.9 cm³/mol. The van der Waals surface area contributed by atoms with Crippen LogP contribution in [-0.4, -0.2) is 23.4 Å². The molecule has 0 atom stereocenters. The summed E-state index contributed by atoms with van der Waals surface area (Å²) in [4.78, 5) is 7.93. The van der Waals surface area contributed by atoms with Gasteiger partial charge < -0.3 is 5.73 Å². The van der Waals surface area contributed by atoms with Crippen LogP contribution in [0.5, 0.6) is 0 Å². The van der Waals surface area contributed by atoms with Crippen LogP contribution in [0, 0.1) is 0 Å². The summed E-state index contributed by atoms with van der Waals surface area (Å²) in [7, 11) is -3.77. The SMILES string of the molecule is NC(=S)c1ccc(S(=O)(=O)Nc2ncccc2Br)cn1. The average Bonchev–Trinajstić information content (AvgIpc) is 2.41. The summed E-state index contributed by atoms with van der Waals surface area (Å²) in [5.41, 5.74) is 5.76. The standard InChI is InChI=1S/C11H9BrN4O2S2/c12-8-2-1-5-14-11(8)16-20(17,18)7-3-4-9(10(13)19)15-6-7/h1-6H,(H2,13,19)(H,14,16). The Morgan fingerprint density at radius 1 is 1.30 bits per heavy atom. The molecule has 2 aromatic heterocycles. The molecule has 9 heteroatoms. The van der Waals surface area contributed by atoms with Crippen molar-refractivity contribution < 1.29 is 8.42 Å². The molecule has 0 fully saturated rings. The molecule has 0 aliphatic rings. The molecule has 104 valence electrons. The van der Waals surface area contributed by atoms with E-state index in [0.29, 0.717) is 10.2 Å². The highest BCUT2D eigenvalue weighted by molar-refractivity contribution is 9.10. The number of pyridine rings is 2. The molecule has 0 spiro atoms. The fourth-order valence-corrected chi connectivity index (χ4v) is 2.91. The molecular formula is C11H9BrN4O2S2. The van der Waals surface area contributed by atoms with E-state index in [0.717, 1.165) is 0 Å². The van der Waals surface area contributed by atoms with Crippen LogP contribution in [-0.2, 0) is 10.0 Å². The van der Waals surface area contributed by atoms with Crippen molar-refractivity contribution in [2.75, 3.05) is 4.72 Å². The van der Waals surface area contributed by atoms with Crippen molar-refractivity contribution in [1.82, 2.24) is 9.97 Å². The number of sulfonamides is 1. The first kappa shape index (κ1) is 14.8. The van der Waals surface area contributed by atoms with Crippen molar-refractivity contribution in [2.24, 2.45) is 5.73 Å². The maximum atomic E-state index is 12.2. The number of nitrogens with zero attached hydrogens (tertiary/aromatic N) is 2. The Kier molecular flexibility index (Phi) is 4.31. The van der Waals surface area contributed by atoms with E-state index in [1.54, 1.807) is 12.1 Å². The Morgan fingerprint density at radius 2 is 2.05 bits per heavy atom. The normalized spacial score (nSPS) is 11.1. The minimum absolute atomic E-state index is 0.00458. The lowest BCUT2D eigenvalue weighted by Gasteiger charge is -2.08. The third-order valence-corrected chi connectivity index (χ3v) is 4.46. The molecule has 0 aliphatic heterocycles. The molecule has 0 aromatic carbocycles. The summed E-state index contributed by atoms with van der Waals surface area (Å²) < 4.78 is 27.2. The van der Waals surface area contributed by atoms with Gasteiger partial charge in [0, 0.05) is 12.4 Å². The third kappa shape index (κ3) is 3.30. The van der Waals surface area contributed by atoms with Crippen molar-refractivity contribution in [3.05, 3.63) is 46.8 Å². The zero-order valence-electron chi connectivity index (χ0n) is 9.95. The second-order valence-corrected chi connectivity index (χ2v) is 6.66. The highest BCUT2D eigenvalue weighted by atomic mass is 79.9. The van der Waals surface area contributed by atoms with Gasteiger partial charge in [-0.05, 0) is 40.2 Å². The Hall–Kier alpha value is -1.58. The first-order chi connectivity index (χ1) is 9.40. The molecule has 0 aliphatic carbocycles. The van der Waals surface area contributed by atoms with Crippen LogP contribution < -0.4 is 10.5 Å². The van der Waals surface area contributed by atoms with Crippen molar-refractivity contribution in [3.8, 4) is 0 Å². The molecule has 0 amide bonds. The molecule has 0 bridgehead atoms. The maximum Gasteiger partial charge on any atom is 0.264 e. The molecule has 0 unspecified atom stereocenters. The molecule has 3 N–H and O–H groups in total. The number of hydrogen-bond acceptors (Lipinski definition) is 5. The summed E-state index contributed by atoms with van der Waals surface area (Å²) in [5, 5.41) is 0. The number of rotatable bonds is 4. The van der Waals surface area contributed by atoms with Gasteiger partial charge in [-0.2, -0.15) is 0 Å². The Morgan fingerprint density at radius 3 is 2.60 bits per heavy atom. The first-order valence-electron chi connectivity index (χ1n) is 5.29. The van der Waals surface area contributed by atoms with E-state index in [9.17, 15) is 8.42 Å². The van der Waals surface area contributed by atoms with Gasteiger partial charge in [-0.1, -0.05) is 12.2 Å². The summed E-state index contributed by atoms with van der Waals surface area (Å²) in [6.45, 7) is 0. The van der Waals surface area contributed by atoms with E-state index in [1.807, 2.05) is 0 Å². The molecule has 0 saturated carbocycles. The second-order valence-electron chi connectivity index (χ2n) is 3.68. The number of anilines is 1. The fraction of sp³-hybridized carbons (Fsp3) is 0. The van der Waals surface area contributed by atoms with Crippen molar-refractivity contribution in [2.45, 2.75) is 4.90 Å². The summed E-state index contributed by atoms with van der Waals surface area (Å²) in [6, 6.07) is 6.19. The number of thiocarbonyl (C=S) groups is 1. The molecular weight excluding hydrogens is 364 g/mol. The topological polar surface area (TPSA) is 98.0 Å². The fourth-order valence-electron chi connectivity index (χ4n) is 1.33. The number of aromatic nitrogens is 2. The molecule has 2 heterocycles. The lowest BCUT2D eigenvalue weighted by Crippen LogP contribution is -2.16. The van der Waals surface area contributed by atoms with Gasteiger partial charge in [0.05, 0.1) is 10.2 Å². The van der Waals surface area contributed by atoms with Gasteiger partial charge in [-0.3, -0.25) is 9.71 Å². The molecule has 2 aromatic rings. The monoisotopic (exact) mass is 372 g/mol. The smallest absolute Gasteiger partial charge is 0.264 e. The van der Waals surface area contributed by atoms with Gasteiger partial charge in [0.25, 0.3) is 10.0 Å². The van der Waals surface area contributed by atoms with Gasteiger partial charge in [0.1, 0.15) is 9.88 Å². The van der Waals surface area contributed by atoms with Crippen LogP contribution in [0.2, 0.25) is 0 Å². The summed E-state index contributed by atoms with van der Waals surface area (Å²) >= 11 is 7.97. The Balaban J connectivity index is 2.31. The van der Waals surface area contributed by atoms with Gasteiger partial charge in [-0.25, -0.2) is 13.4 Å². The minimum atomic E-state index is -3.77. The zero-order chi connectivity index (χ0) is 14.8.